The number of carbonyl (C=O) groups is 1. The van der Waals surface area contributed by atoms with Crippen molar-refractivity contribution in [2.75, 3.05) is 37.6 Å². The molecule has 0 radical (unpaired) electrons. The molecule has 1 fully saturated rings. The number of imidazole rings is 1. The van der Waals surface area contributed by atoms with Crippen molar-refractivity contribution in [3.8, 4) is 0 Å². The van der Waals surface area contributed by atoms with Crippen LogP contribution in [0.15, 0.2) is 79.5 Å². The maximum absolute atomic E-state index is 13.0. The monoisotopic (exact) mass is 556 g/mol. The molecule has 5 rings (SSSR count). The number of piperazine rings is 1. The Morgan fingerprint density at radius 3 is 2.39 bits per heavy atom. The molecule has 2 aromatic heterocycles. The fourth-order valence-electron chi connectivity index (χ4n) is 5.05. The number of carbonyl (C=O) groups excluding carboxylic acids is 1. The van der Waals surface area contributed by atoms with Gasteiger partial charge in [-0.1, -0.05) is 25.1 Å². The fourth-order valence-corrected chi connectivity index (χ4v) is 5.05. The number of hydrogen-bond donors (Lipinski definition) is 2. The average Bonchev–Trinajstić information content (AvgIpc) is 3.54. The van der Waals surface area contributed by atoms with Crippen molar-refractivity contribution in [3.05, 3.63) is 113 Å². The van der Waals surface area contributed by atoms with Crippen LogP contribution >= 0.6 is 0 Å². The van der Waals surface area contributed by atoms with Crippen LogP contribution in [0.25, 0.3) is 0 Å². The van der Waals surface area contributed by atoms with Crippen molar-refractivity contribution >= 4 is 11.6 Å². The second-order valence-electron chi connectivity index (χ2n) is 10.7. The van der Waals surface area contributed by atoms with Crippen molar-refractivity contribution in [1.82, 2.24) is 25.2 Å². The van der Waals surface area contributed by atoms with Crippen LogP contribution in [0.3, 0.4) is 0 Å². The first kappa shape index (κ1) is 29.9. The number of amides is 1. The molecule has 8 heteroatoms. The maximum Gasteiger partial charge on any atom is 0.253 e. The van der Waals surface area contributed by atoms with Crippen molar-refractivity contribution in [3.63, 3.8) is 0 Å². The van der Waals surface area contributed by atoms with Gasteiger partial charge in [-0.25, -0.2) is 9.37 Å². The minimum Gasteiger partial charge on any atom is -0.369 e. The molecule has 1 saturated heterocycles. The molecule has 0 spiro atoms. The number of H-pyrrole nitrogens is 1. The molecule has 2 aromatic carbocycles. The van der Waals surface area contributed by atoms with Crippen molar-refractivity contribution < 1.29 is 9.18 Å². The van der Waals surface area contributed by atoms with Crippen molar-refractivity contribution in [1.29, 1.82) is 0 Å². The Balaban J connectivity index is 0.000000218. The zero-order chi connectivity index (χ0) is 29.2. The standard InChI is InChI=1S/C20H25FN4O.C13H16N2/c1-16(23-20(26)17-3-2-9-22-15-17)8-10-24-11-13-25(14-12-24)19-6-4-18(21)5-7-19;1-9-5-4-6-12(10(9)2)11(3)13-7-14-8-15-13/h2-7,9,15-16H,8,10-14H2,1H3,(H,23,26);4-8,11H,1-3H3,(H,14,15)/t;11-/m.0/s1. The number of nitrogens with zero attached hydrogens (tertiary/aromatic N) is 4. The van der Waals surface area contributed by atoms with Gasteiger partial charge in [0.15, 0.2) is 0 Å². The number of aryl methyl sites for hydroxylation is 1. The number of benzene rings is 2. The predicted molar refractivity (Wildman–Crippen MR) is 163 cm³/mol. The number of anilines is 1. The van der Waals surface area contributed by atoms with Gasteiger partial charge in [0, 0.05) is 74.7 Å². The van der Waals surface area contributed by atoms with Gasteiger partial charge in [-0.2, -0.15) is 0 Å². The minimum atomic E-state index is -0.199. The second-order valence-corrected chi connectivity index (χ2v) is 10.7. The van der Waals surface area contributed by atoms with Gasteiger partial charge < -0.3 is 15.2 Å². The van der Waals surface area contributed by atoms with Gasteiger partial charge in [0.05, 0.1) is 11.9 Å². The molecule has 1 amide bonds. The molecule has 1 aliphatic rings. The fraction of sp³-hybridized carbons (Fsp3) is 0.364. The Labute approximate surface area is 242 Å². The molecule has 7 nitrogen and oxygen atoms in total. The van der Waals surface area contributed by atoms with Gasteiger partial charge in [0.2, 0.25) is 0 Å². The number of halogens is 1. The van der Waals surface area contributed by atoms with E-state index in [1.54, 1.807) is 30.9 Å². The molecule has 3 heterocycles. The van der Waals surface area contributed by atoms with E-state index >= 15 is 0 Å². The van der Waals surface area contributed by atoms with E-state index in [0.717, 1.165) is 44.8 Å². The highest BCUT2D eigenvalue weighted by Gasteiger charge is 2.18. The molecule has 4 aromatic rings. The summed E-state index contributed by atoms with van der Waals surface area (Å²) in [4.78, 5) is 28.0. The molecule has 2 N–H and O–H groups in total. The first-order chi connectivity index (χ1) is 19.8. The maximum atomic E-state index is 13.0. The molecule has 0 aliphatic carbocycles. The minimum absolute atomic E-state index is 0.0771. The lowest BCUT2D eigenvalue weighted by Crippen LogP contribution is -2.47. The Hall–Kier alpha value is -4.04. The van der Waals surface area contributed by atoms with E-state index in [4.69, 9.17) is 0 Å². The van der Waals surface area contributed by atoms with Crippen LogP contribution in [0.1, 0.15) is 58.9 Å². The lowest BCUT2D eigenvalue weighted by Gasteiger charge is -2.36. The summed E-state index contributed by atoms with van der Waals surface area (Å²) in [6.07, 6.45) is 7.77. The Morgan fingerprint density at radius 1 is 0.976 bits per heavy atom. The third-order valence-electron chi connectivity index (χ3n) is 7.84. The number of aromatic nitrogens is 3. The van der Waals surface area contributed by atoms with E-state index in [2.05, 4.69) is 69.0 Å². The molecular formula is C33H41FN6O. The van der Waals surface area contributed by atoms with Gasteiger partial charge >= 0.3 is 0 Å². The predicted octanol–water partition coefficient (Wildman–Crippen LogP) is 5.73. The number of rotatable bonds is 8. The largest absolute Gasteiger partial charge is 0.369 e. The summed E-state index contributed by atoms with van der Waals surface area (Å²) in [5, 5.41) is 3.02. The lowest BCUT2D eigenvalue weighted by molar-refractivity contribution is 0.0934. The van der Waals surface area contributed by atoms with Crippen molar-refractivity contribution in [2.24, 2.45) is 0 Å². The van der Waals surface area contributed by atoms with Crippen LogP contribution in [0.5, 0.6) is 0 Å². The van der Waals surface area contributed by atoms with Gasteiger partial charge in [0.25, 0.3) is 5.91 Å². The first-order valence-corrected chi connectivity index (χ1v) is 14.3. The lowest BCUT2D eigenvalue weighted by atomic mass is 9.92. The van der Waals surface area contributed by atoms with Gasteiger partial charge in [-0.3, -0.25) is 14.7 Å². The molecule has 1 unspecified atom stereocenters. The van der Waals surface area contributed by atoms with Gasteiger partial charge in [-0.05, 0) is 80.3 Å². The van der Waals surface area contributed by atoms with Crippen LogP contribution in [-0.2, 0) is 0 Å². The second kappa shape index (κ2) is 14.6. The molecule has 216 valence electrons. The molecule has 41 heavy (non-hydrogen) atoms. The van der Waals surface area contributed by atoms with Crippen LogP contribution in [0.4, 0.5) is 10.1 Å². The normalized spacial score (nSPS) is 15.0. The summed E-state index contributed by atoms with van der Waals surface area (Å²) in [7, 11) is 0. The number of hydrogen-bond acceptors (Lipinski definition) is 5. The Kier molecular flexibility index (Phi) is 10.6. The molecule has 1 aliphatic heterocycles. The van der Waals surface area contributed by atoms with Crippen molar-refractivity contribution in [2.45, 2.75) is 46.1 Å². The molecular weight excluding hydrogens is 515 g/mol. The SMILES string of the molecule is CC(CCN1CCN(c2ccc(F)cc2)CC1)NC(=O)c1cccnc1.Cc1cccc([C@H](C)c2cnc[nH]2)c1C. The van der Waals surface area contributed by atoms with E-state index < -0.39 is 0 Å². The number of pyridine rings is 1. The molecule has 0 bridgehead atoms. The highest BCUT2D eigenvalue weighted by molar-refractivity contribution is 5.93. The van der Waals surface area contributed by atoms with E-state index in [0.29, 0.717) is 11.5 Å². The van der Waals surface area contributed by atoms with E-state index in [1.807, 2.05) is 25.3 Å². The number of aromatic amines is 1. The Bertz CT molecular complexity index is 1350. The first-order valence-electron chi connectivity index (χ1n) is 14.3. The highest BCUT2D eigenvalue weighted by atomic mass is 19.1. The summed E-state index contributed by atoms with van der Waals surface area (Å²) < 4.78 is 13.0. The summed E-state index contributed by atoms with van der Waals surface area (Å²) in [5.74, 6) is 0.105. The smallest absolute Gasteiger partial charge is 0.253 e. The van der Waals surface area contributed by atoms with Crippen LogP contribution in [0, 0.1) is 19.7 Å². The summed E-state index contributed by atoms with van der Waals surface area (Å²) in [6, 6.07) is 16.8. The third-order valence-corrected chi connectivity index (χ3v) is 7.84. The van der Waals surface area contributed by atoms with E-state index in [1.165, 1.54) is 34.5 Å². The molecule has 0 saturated carbocycles. The quantitative estimate of drug-likeness (QED) is 0.290. The molecule has 2 atom stereocenters. The zero-order valence-corrected chi connectivity index (χ0v) is 24.5. The van der Waals surface area contributed by atoms with Gasteiger partial charge in [-0.15, -0.1) is 0 Å². The summed E-state index contributed by atoms with van der Waals surface area (Å²) in [5.41, 5.74) is 6.93. The summed E-state index contributed by atoms with van der Waals surface area (Å²) >= 11 is 0. The topological polar surface area (TPSA) is 77.2 Å². The third kappa shape index (κ3) is 8.47. The van der Waals surface area contributed by atoms with E-state index in [-0.39, 0.29) is 17.8 Å². The van der Waals surface area contributed by atoms with Crippen LogP contribution < -0.4 is 10.2 Å². The summed E-state index contributed by atoms with van der Waals surface area (Å²) in [6.45, 7) is 13.3. The van der Waals surface area contributed by atoms with E-state index in [9.17, 15) is 9.18 Å². The zero-order valence-electron chi connectivity index (χ0n) is 24.5. The Morgan fingerprint density at radius 2 is 1.73 bits per heavy atom. The van der Waals surface area contributed by atoms with Crippen LogP contribution in [-0.4, -0.2) is 64.5 Å². The highest BCUT2D eigenvalue weighted by Crippen LogP contribution is 2.26. The van der Waals surface area contributed by atoms with Crippen LogP contribution in [0.2, 0.25) is 0 Å². The van der Waals surface area contributed by atoms with Gasteiger partial charge in [0.1, 0.15) is 5.82 Å². The number of nitrogens with one attached hydrogen (secondary N) is 2. The average molecular weight is 557 g/mol.